The molecule has 0 saturated heterocycles. The predicted molar refractivity (Wildman–Crippen MR) is 63.9 cm³/mol. The lowest BCUT2D eigenvalue weighted by Gasteiger charge is -2.14. The van der Waals surface area contributed by atoms with Gasteiger partial charge in [-0.15, -0.1) is 0 Å². The topological polar surface area (TPSA) is 58.6 Å². The van der Waals surface area contributed by atoms with E-state index in [0.717, 1.165) is 11.1 Å². The number of esters is 1. The molecule has 1 aliphatic rings. The highest BCUT2D eigenvalue weighted by atomic mass is 16.5. The molecular weight excluding hydrogens is 218 g/mol. The average Bonchev–Trinajstić information content (AvgIpc) is 2.63. The van der Waals surface area contributed by atoms with Crippen molar-refractivity contribution < 1.29 is 14.6 Å². The highest BCUT2D eigenvalue weighted by Gasteiger charge is 2.30. The summed E-state index contributed by atoms with van der Waals surface area (Å²) in [4.78, 5) is 11.6. The van der Waals surface area contributed by atoms with Gasteiger partial charge < -0.3 is 15.2 Å². The molecule has 1 aliphatic carbocycles. The van der Waals surface area contributed by atoms with E-state index in [1.807, 2.05) is 19.2 Å². The average molecular weight is 235 g/mol. The molecule has 0 radical (unpaired) electrons. The van der Waals surface area contributed by atoms with E-state index in [2.05, 4.69) is 5.32 Å². The number of carbonyl (C=O) groups is 1. The molecule has 4 heteroatoms. The lowest BCUT2D eigenvalue weighted by Crippen LogP contribution is -2.25. The van der Waals surface area contributed by atoms with Crippen LogP contribution in [0.3, 0.4) is 0 Å². The van der Waals surface area contributed by atoms with Crippen molar-refractivity contribution in [3.05, 3.63) is 34.9 Å². The van der Waals surface area contributed by atoms with Crippen molar-refractivity contribution in [2.75, 3.05) is 13.7 Å². The lowest BCUT2D eigenvalue weighted by molar-refractivity contribution is 0.0526. The number of carbonyl (C=O) groups excluding carboxylic acids is 1. The van der Waals surface area contributed by atoms with Crippen LogP contribution in [0.4, 0.5) is 0 Å². The van der Waals surface area contributed by atoms with Crippen molar-refractivity contribution >= 4 is 5.97 Å². The van der Waals surface area contributed by atoms with Gasteiger partial charge in [-0.3, -0.25) is 0 Å². The number of likely N-dealkylation sites (N-methyl/N-ethyl adjacent to an activating group) is 1. The predicted octanol–water partition coefficient (Wildman–Crippen LogP) is 1.04. The van der Waals surface area contributed by atoms with Gasteiger partial charge in [0.2, 0.25) is 0 Å². The number of fused-ring (bicyclic) bond motifs is 1. The molecule has 0 aromatic heterocycles. The Kier molecular flexibility index (Phi) is 3.45. The van der Waals surface area contributed by atoms with Crippen LogP contribution >= 0.6 is 0 Å². The Morgan fingerprint density at radius 3 is 3.00 bits per heavy atom. The Morgan fingerprint density at radius 1 is 1.59 bits per heavy atom. The van der Waals surface area contributed by atoms with Crippen LogP contribution in [-0.4, -0.2) is 30.8 Å². The molecule has 0 heterocycles. The molecule has 0 amide bonds. The summed E-state index contributed by atoms with van der Waals surface area (Å²) in [5.41, 5.74) is 2.63. The van der Waals surface area contributed by atoms with E-state index in [1.165, 1.54) is 0 Å². The van der Waals surface area contributed by atoms with Crippen LogP contribution < -0.4 is 5.32 Å². The van der Waals surface area contributed by atoms with E-state index in [0.29, 0.717) is 18.6 Å². The fourth-order valence-electron chi connectivity index (χ4n) is 2.33. The maximum absolute atomic E-state index is 11.6. The Morgan fingerprint density at radius 2 is 2.35 bits per heavy atom. The summed E-state index contributed by atoms with van der Waals surface area (Å²) in [7, 11) is 1.82. The quantitative estimate of drug-likeness (QED) is 0.769. The SMILES string of the molecule is CCOC(=O)c1ccc2c(c1)C[C@@H](O)[C@@H]2NC. The third kappa shape index (κ3) is 2.18. The summed E-state index contributed by atoms with van der Waals surface area (Å²) in [5, 5.41) is 12.9. The van der Waals surface area contributed by atoms with Gasteiger partial charge in [-0.2, -0.15) is 0 Å². The van der Waals surface area contributed by atoms with Crippen LogP contribution in [0.5, 0.6) is 0 Å². The summed E-state index contributed by atoms with van der Waals surface area (Å²) in [6.45, 7) is 2.16. The largest absolute Gasteiger partial charge is 0.462 e. The van der Waals surface area contributed by atoms with Gasteiger partial charge in [0.25, 0.3) is 0 Å². The monoisotopic (exact) mass is 235 g/mol. The molecule has 0 bridgehead atoms. The molecule has 1 aromatic carbocycles. The third-order valence-electron chi connectivity index (χ3n) is 3.11. The molecule has 0 fully saturated rings. The van der Waals surface area contributed by atoms with Crippen LogP contribution in [0.25, 0.3) is 0 Å². The first-order valence-electron chi connectivity index (χ1n) is 5.82. The second-order valence-electron chi connectivity index (χ2n) is 4.17. The van der Waals surface area contributed by atoms with Crippen molar-refractivity contribution in [1.29, 1.82) is 0 Å². The molecule has 17 heavy (non-hydrogen) atoms. The van der Waals surface area contributed by atoms with Gasteiger partial charge in [0.05, 0.1) is 24.3 Å². The van der Waals surface area contributed by atoms with Crippen molar-refractivity contribution in [3.8, 4) is 0 Å². The smallest absolute Gasteiger partial charge is 0.338 e. The van der Waals surface area contributed by atoms with Crippen molar-refractivity contribution in [3.63, 3.8) is 0 Å². The fourth-order valence-corrected chi connectivity index (χ4v) is 2.33. The van der Waals surface area contributed by atoms with Crippen molar-refractivity contribution in [2.24, 2.45) is 0 Å². The van der Waals surface area contributed by atoms with E-state index < -0.39 is 6.10 Å². The Balaban J connectivity index is 2.28. The van der Waals surface area contributed by atoms with Gasteiger partial charge in [-0.05, 0) is 37.2 Å². The van der Waals surface area contributed by atoms with E-state index in [-0.39, 0.29) is 12.0 Å². The molecule has 4 nitrogen and oxygen atoms in total. The number of rotatable bonds is 3. The molecule has 0 spiro atoms. The van der Waals surface area contributed by atoms with Crippen LogP contribution in [-0.2, 0) is 11.2 Å². The zero-order valence-electron chi connectivity index (χ0n) is 10.1. The maximum Gasteiger partial charge on any atom is 0.338 e. The standard InChI is InChI=1S/C13H17NO3/c1-3-17-13(16)8-4-5-10-9(6-8)7-11(15)12(10)14-2/h4-6,11-12,14-15H,3,7H2,1-2H3/t11-,12-/m1/s1. The van der Waals surface area contributed by atoms with Crippen LogP contribution in [0.2, 0.25) is 0 Å². The second kappa shape index (κ2) is 4.85. The van der Waals surface area contributed by atoms with Crippen LogP contribution in [0.15, 0.2) is 18.2 Å². The third-order valence-corrected chi connectivity index (χ3v) is 3.11. The summed E-state index contributed by atoms with van der Waals surface area (Å²) in [6, 6.07) is 5.41. The van der Waals surface area contributed by atoms with Crippen LogP contribution in [0.1, 0.15) is 34.5 Å². The molecule has 2 N–H and O–H groups in total. The lowest BCUT2D eigenvalue weighted by atomic mass is 10.0. The Hall–Kier alpha value is -1.39. The fraction of sp³-hybridized carbons (Fsp3) is 0.462. The van der Waals surface area contributed by atoms with Gasteiger partial charge in [0, 0.05) is 6.42 Å². The van der Waals surface area contributed by atoms with Gasteiger partial charge in [0.15, 0.2) is 0 Å². The Bertz CT molecular complexity index is 431. The molecular formula is C13H17NO3. The van der Waals surface area contributed by atoms with Gasteiger partial charge in [-0.25, -0.2) is 4.79 Å². The normalized spacial score (nSPS) is 22.3. The first kappa shape index (κ1) is 12.1. The first-order chi connectivity index (χ1) is 8.17. The number of ether oxygens (including phenoxy) is 1. The van der Waals surface area contributed by atoms with Crippen LogP contribution in [0, 0.1) is 0 Å². The molecule has 2 rings (SSSR count). The van der Waals surface area contributed by atoms with E-state index in [9.17, 15) is 9.90 Å². The molecule has 92 valence electrons. The van der Waals surface area contributed by atoms with E-state index >= 15 is 0 Å². The number of aliphatic hydroxyl groups is 1. The minimum absolute atomic E-state index is 0.0405. The number of benzene rings is 1. The highest BCUT2D eigenvalue weighted by molar-refractivity contribution is 5.89. The van der Waals surface area contributed by atoms with Gasteiger partial charge in [-0.1, -0.05) is 6.07 Å². The number of hydrogen-bond acceptors (Lipinski definition) is 4. The van der Waals surface area contributed by atoms with E-state index in [4.69, 9.17) is 4.74 Å². The first-order valence-corrected chi connectivity index (χ1v) is 5.82. The zero-order chi connectivity index (χ0) is 12.4. The number of nitrogens with one attached hydrogen (secondary N) is 1. The summed E-state index contributed by atoms with van der Waals surface area (Å²) in [5.74, 6) is -0.308. The maximum atomic E-state index is 11.6. The Labute approximate surface area is 101 Å². The molecule has 0 aliphatic heterocycles. The molecule has 0 saturated carbocycles. The van der Waals surface area contributed by atoms with Crippen molar-refractivity contribution in [2.45, 2.75) is 25.5 Å². The molecule has 2 atom stereocenters. The molecule has 0 unspecified atom stereocenters. The van der Waals surface area contributed by atoms with E-state index in [1.54, 1.807) is 13.0 Å². The minimum atomic E-state index is -0.424. The summed E-state index contributed by atoms with van der Waals surface area (Å²) >= 11 is 0. The number of hydrogen-bond donors (Lipinski definition) is 2. The highest BCUT2D eigenvalue weighted by Crippen LogP contribution is 2.31. The second-order valence-corrected chi connectivity index (χ2v) is 4.17. The zero-order valence-corrected chi connectivity index (χ0v) is 10.1. The van der Waals surface area contributed by atoms with Gasteiger partial charge >= 0.3 is 5.97 Å². The van der Waals surface area contributed by atoms with Gasteiger partial charge in [0.1, 0.15) is 0 Å². The number of aliphatic hydroxyl groups excluding tert-OH is 1. The molecule has 1 aromatic rings. The van der Waals surface area contributed by atoms with Crippen molar-refractivity contribution in [1.82, 2.24) is 5.32 Å². The minimum Gasteiger partial charge on any atom is -0.462 e. The summed E-state index contributed by atoms with van der Waals surface area (Å²) < 4.78 is 4.95. The summed E-state index contributed by atoms with van der Waals surface area (Å²) in [6.07, 6.45) is 0.154.